The zero-order valence-corrected chi connectivity index (χ0v) is 13.6. The Morgan fingerprint density at radius 3 is 2.35 bits per heavy atom. The predicted molar refractivity (Wildman–Crippen MR) is 87.0 cm³/mol. The van der Waals surface area contributed by atoms with Gasteiger partial charge in [-0.05, 0) is 38.0 Å². The van der Waals surface area contributed by atoms with E-state index in [1.807, 2.05) is 0 Å². The van der Waals surface area contributed by atoms with Gasteiger partial charge >= 0.3 is 5.97 Å². The molecular formula is C18H34O2. The average Bonchev–Trinajstić information content (AvgIpc) is 2.41. The van der Waals surface area contributed by atoms with Gasteiger partial charge in [0, 0.05) is 6.42 Å². The van der Waals surface area contributed by atoms with Crippen molar-refractivity contribution in [1.29, 1.82) is 0 Å². The van der Waals surface area contributed by atoms with E-state index in [1.54, 1.807) is 0 Å². The summed E-state index contributed by atoms with van der Waals surface area (Å²) in [5.74, 6) is 0.0533. The topological polar surface area (TPSA) is 37.3 Å². The van der Waals surface area contributed by atoms with Crippen molar-refractivity contribution in [1.82, 2.24) is 0 Å². The highest BCUT2D eigenvalue weighted by Gasteiger charge is 2.02. The number of carbonyl (C=O) groups is 1. The molecule has 1 atom stereocenters. The van der Waals surface area contributed by atoms with E-state index in [2.05, 4.69) is 26.0 Å². The molecule has 0 saturated heterocycles. The van der Waals surface area contributed by atoms with Crippen LogP contribution in [0.3, 0.4) is 0 Å². The third kappa shape index (κ3) is 15.3. The van der Waals surface area contributed by atoms with Crippen molar-refractivity contribution in [2.45, 2.75) is 90.9 Å². The molecule has 0 aromatic heterocycles. The summed E-state index contributed by atoms with van der Waals surface area (Å²) in [5, 5.41) is 8.56. The second-order valence-corrected chi connectivity index (χ2v) is 6.00. The molecule has 0 aromatic rings. The molecule has 0 heterocycles. The first-order valence-electron chi connectivity index (χ1n) is 8.53. The Kier molecular flexibility index (Phi) is 14.0. The van der Waals surface area contributed by atoms with Gasteiger partial charge in [-0.2, -0.15) is 0 Å². The second kappa shape index (κ2) is 14.6. The molecule has 1 N–H and O–H groups in total. The lowest BCUT2D eigenvalue weighted by atomic mass is 9.98. The summed E-state index contributed by atoms with van der Waals surface area (Å²) in [6, 6.07) is 0. The molecule has 0 aliphatic carbocycles. The number of aliphatic carboxylic acids is 1. The van der Waals surface area contributed by atoms with Crippen LogP contribution < -0.4 is 0 Å². The molecule has 0 amide bonds. The molecule has 0 saturated carbocycles. The predicted octanol–water partition coefficient (Wildman–Crippen LogP) is 5.96. The first-order valence-corrected chi connectivity index (χ1v) is 8.53. The van der Waals surface area contributed by atoms with Gasteiger partial charge in [-0.25, -0.2) is 0 Å². The smallest absolute Gasteiger partial charge is 0.303 e. The molecule has 0 fully saturated rings. The quantitative estimate of drug-likeness (QED) is 0.315. The normalized spacial score (nSPS) is 12.9. The van der Waals surface area contributed by atoms with Gasteiger partial charge in [-0.15, -0.1) is 0 Å². The molecule has 20 heavy (non-hydrogen) atoms. The Balaban J connectivity index is 3.29. The number of unbranched alkanes of at least 4 members (excludes halogenated alkanes) is 6. The summed E-state index contributed by atoms with van der Waals surface area (Å²) in [7, 11) is 0. The van der Waals surface area contributed by atoms with Crippen LogP contribution in [0.15, 0.2) is 12.2 Å². The standard InChI is InChI=1S/C18H34O2/c1-3-4-5-6-7-8-9-10-11-14-17(2)15-12-13-16-18(19)20/h9-10,17H,3-8,11-16H2,1-2H3,(H,19,20)/b10-9+/t17-/m0/s1. The van der Waals surface area contributed by atoms with Crippen LogP contribution in [0.25, 0.3) is 0 Å². The summed E-state index contributed by atoms with van der Waals surface area (Å²) >= 11 is 0. The van der Waals surface area contributed by atoms with E-state index >= 15 is 0 Å². The molecule has 0 spiro atoms. The molecule has 2 heteroatoms. The van der Waals surface area contributed by atoms with Crippen molar-refractivity contribution < 1.29 is 9.90 Å². The fraction of sp³-hybridized carbons (Fsp3) is 0.833. The van der Waals surface area contributed by atoms with E-state index in [0.717, 1.165) is 25.2 Å². The van der Waals surface area contributed by atoms with E-state index in [1.165, 1.54) is 51.4 Å². The van der Waals surface area contributed by atoms with Gasteiger partial charge in [0.1, 0.15) is 0 Å². The highest BCUT2D eigenvalue weighted by atomic mass is 16.4. The zero-order chi connectivity index (χ0) is 15.1. The van der Waals surface area contributed by atoms with Gasteiger partial charge in [0.15, 0.2) is 0 Å². The van der Waals surface area contributed by atoms with Crippen LogP contribution in [-0.2, 0) is 4.79 Å². The SMILES string of the molecule is CCCCCCC/C=C/CC[C@H](C)CCCCC(=O)O. The van der Waals surface area contributed by atoms with Gasteiger partial charge in [0.05, 0.1) is 0 Å². The van der Waals surface area contributed by atoms with Crippen LogP contribution in [0.5, 0.6) is 0 Å². The monoisotopic (exact) mass is 282 g/mol. The minimum absolute atomic E-state index is 0.324. The van der Waals surface area contributed by atoms with Crippen LogP contribution >= 0.6 is 0 Å². The van der Waals surface area contributed by atoms with Crippen molar-refractivity contribution in [3.63, 3.8) is 0 Å². The summed E-state index contributed by atoms with van der Waals surface area (Å²) in [6.45, 7) is 4.53. The zero-order valence-electron chi connectivity index (χ0n) is 13.6. The van der Waals surface area contributed by atoms with Crippen molar-refractivity contribution in [2.24, 2.45) is 5.92 Å². The Bertz CT molecular complexity index is 246. The number of hydrogen-bond donors (Lipinski definition) is 1. The largest absolute Gasteiger partial charge is 0.481 e. The maximum Gasteiger partial charge on any atom is 0.303 e. The van der Waals surface area contributed by atoms with Crippen molar-refractivity contribution >= 4 is 5.97 Å². The number of rotatable bonds is 14. The second-order valence-electron chi connectivity index (χ2n) is 6.00. The third-order valence-corrected chi connectivity index (χ3v) is 3.80. The fourth-order valence-electron chi connectivity index (χ4n) is 2.40. The maximum absolute atomic E-state index is 10.4. The van der Waals surface area contributed by atoms with E-state index in [-0.39, 0.29) is 0 Å². The van der Waals surface area contributed by atoms with Crippen LogP contribution in [0.4, 0.5) is 0 Å². The van der Waals surface area contributed by atoms with Crippen LogP contribution in [-0.4, -0.2) is 11.1 Å². The molecular weight excluding hydrogens is 248 g/mol. The average molecular weight is 282 g/mol. The maximum atomic E-state index is 10.4. The van der Waals surface area contributed by atoms with Gasteiger partial charge in [-0.1, -0.05) is 64.5 Å². The van der Waals surface area contributed by atoms with Gasteiger partial charge in [0.25, 0.3) is 0 Å². The Hall–Kier alpha value is -0.790. The van der Waals surface area contributed by atoms with E-state index in [0.29, 0.717) is 6.42 Å². The van der Waals surface area contributed by atoms with E-state index in [9.17, 15) is 4.79 Å². The molecule has 0 aromatic carbocycles. The molecule has 2 nitrogen and oxygen atoms in total. The highest BCUT2D eigenvalue weighted by molar-refractivity contribution is 5.66. The molecule has 0 rings (SSSR count). The molecule has 0 bridgehead atoms. The summed E-state index contributed by atoms with van der Waals surface area (Å²) < 4.78 is 0. The summed E-state index contributed by atoms with van der Waals surface area (Å²) in [4.78, 5) is 10.4. The van der Waals surface area contributed by atoms with Crippen LogP contribution in [0.1, 0.15) is 90.9 Å². The minimum atomic E-state index is -0.667. The van der Waals surface area contributed by atoms with Crippen LogP contribution in [0.2, 0.25) is 0 Å². The Morgan fingerprint density at radius 1 is 0.950 bits per heavy atom. The summed E-state index contributed by atoms with van der Waals surface area (Å²) in [6.07, 6.45) is 18.5. The first kappa shape index (κ1) is 19.2. The summed E-state index contributed by atoms with van der Waals surface area (Å²) in [5.41, 5.74) is 0. The molecule has 0 aliphatic rings. The lowest BCUT2D eigenvalue weighted by molar-refractivity contribution is -0.137. The molecule has 0 unspecified atom stereocenters. The lowest BCUT2D eigenvalue weighted by Crippen LogP contribution is -1.97. The fourth-order valence-corrected chi connectivity index (χ4v) is 2.40. The minimum Gasteiger partial charge on any atom is -0.481 e. The van der Waals surface area contributed by atoms with Gasteiger partial charge in [0.2, 0.25) is 0 Å². The van der Waals surface area contributed by atoms with E-state index < -0.39 is 5.97 Å². The van der Waals surface area contributed by atoms with E-state index in [4.69, 9.17) is 5.11 Å². The van der Waals surface area contributed by atoms with Gasteiger partial charge in [-0.3, -0.25) is 4.79 Å². The number of carboxylic acid groups (broad SMARTS) is 1. The number of allylic oxidation sites excluding steroid dienone is 2. The van der Waals surface area contributed by atoms with Crippen molar-refractivity contribution in [3.8, 4) is 0 Å². The Labute approximate surface area is 125 Å². The van der Waals surface area contributed by atoms with Crippen LogP contribution in [0, 0.1) is 5.92 Å². The van der Waals surface area contributed by atoms with Gasteiger partial charge < -0.3 is 5.11 Å². The number of hydrogen-bond acceptors (Lipinski definition) is 1. The third-order valence-electron chi connectivity index (χ3n) is 3.80. The first-order chi connectivity index (χ1) is 9.66. The van der Waals surface area contributed by atoms with Crippen molar-refractivity contribution in [2.75, 3.05) is 0 Å². The molecule has 0 radical (unpaired) electrons. The number of carboxylic acids is 1. The Morgan fingerprint density at radius 2 is 1.65 bits per heavy atom. The van der Waals surface area contributed by atoms with Crippen molar-refractivity contribution in [3.05, 3.63) is 12.2 Å². The molecule has 118 valence electrons. The highest BCUT2D eigenvalue weighted by Crippen LogP contribution is 2.15. The lowest BCUT2D eigenvalue weighted by Gasteiger charge is -2.08. The molecule has 0 aliphatic heterocycles.